The lowest BCUT2D eigenvalue weighted by Gasteiger charge is -2.11. The molecule has 0 aliphatic rings. The fraction of sp³-hybridized carbons (Fsp3) is 0.105. The molecule has 150 valence electrons. The summed E-state index contributed by atoms with van der Waals surface area (Å²) in [7, 11) is 0. The van der Waals surface area contributed by atoms with E-state index in [0.717, 1.165) is 23.5 Å². The van der Waals surface area contributed by atoms with Crippen LogP contribution in [0.3, 0.4) is 0 Å². The zero-order valence-corrected chi connectivity index (χ0v) is 16.2. The number of carbonyl (C=O) groups is 2. The number of aromatic nitrogens is 1. The van der Waals surface area contributed by atoms with Crippen LogP contribution in [0.2, 0.25) is 5.02 Å². The number of anilines is 2. The molecule has 0 aliphatic heterocycles. The molecular formula is C19H13ClF3N3O2S. The Hall–Kier alpha value is -2.91. The summed E-state index contributed by atoms with van der Waals surface area (Å²) in [5.41, 5.74) is -0.220. The molecule has 0 saturated heterocycles. The number of amides is 2. The predicted molar refractivity (Wildman–Crippen MR) is 105 cm³/mol. The van der Waals surface area contributed by atoms with Crippen LogP contribution in [0.25, 0.3) is 0 Å². The van der Waals surface area contributed by atoms with Crippen molar-refractivity contribution in [2.24, 2.45) is 0 Å². The molecule has 1 aromatic heterocycles. The fourth-order valence-electron chi connectivity index (χ4n) is 2.39. The summed E-state index contributed by atoms with van der Waals surface area (Å²) in [6.07, 6.45) is -4.79. The van der Waals surface area contributed by atoms with Gasteiger partial charge in [0.25, 0.3) is 5.91 Å². The Bertz CT molecular complexity index is 1040. The van der Waals surface area contributed by atoms with Crippen molar-refractivity contribution in [2.45, 2.75) is 12.6 Å². The van der Waals surface area contributed by atoms with Gasteiger partial charge in [0, 0.05) is 16.6 Å². The van der Waals surface area contributed by atoms with E-state index >= 15 is 0 Å². The highest BCUT2D eigenvalue weighted by molar-refractivity contribution is 7.14. The third kappa shape index (κ3) is 5.55. The van der Waals surface area contributed by atoms with E-state index < -0.39 is 22.7 Å². The molecule has 0 atom stereocenters. The predicted octanol–water partition coefficient (Wildman–Crippen LogP) is 5.25. The normalized spacial score (nSPS) is 11.2. The van der Waals surface area contributed by atoms with Crippen molar-refractivity contribution in [3.8, 4) is 0 Å². The minimum atomic E-state index is -4.63. The first-order valence-corrected chi connectivity index (χ1v) is 9.45. The van der Waals surface area contributed by atoms with E-state index in [1.54, 1.807) is 35.7 Å². The highest BCUT2D eigenvalue weighted by Crippen LogP contribution is 2.36. The number of hydrogen-bond donors (Lipinski definition) is 2. The van der Waals surface area contributed by atoms with Crippen LogP contribution in [0.1, 0.15) is 21.6 Å². The van der Waals surface area contributed by atoms with E-state index in [1.165, 1.54) is 6.07 Å². The summed E-state index contributed by atoms with van der Waals surface area (Å²) >= 11 is 6.70. The molecule has 29 heavy (non-hydrogen) atoms. The maximum absolute atomic E-state index is 12.9. The molecule has 1 heterocycles. The zero-order valence-electron chi connectivity index (χ0n) is 14.6. The first-order chi connectivity index (χ1) is 13.7. The van der Waals surface area contributed by atoms with Crippen molar-refractivity contribution in [3.05, 3.63) is 75.8 Å². The Labute approximate surface area is 172 Å². The number of hydrogen-bond acceptors (Lipinski definition) is 4. The second-order valence-corrected chi connectivity index (χ2v) is 7.15. The summed E-state index contributed by atoms with van der Waals surface area (Å²) in [6.45, 7) is 0. The van der Waals surface area contributed by atoms with Crippen molar-refractivity contribution < 1.29 is 22.8 Å². The lowest BCUT2D eigenvalue weighted by Crippen LogP contribution is -2.16. The van der Waals surface area contributed by atoms with Gasteiger partial charge in [-0.2, -0.15) is 13.2 Å². The summed E-state index contributed by atoms with van der Waals surface area (Å²) < 4.78 is 38.7. The van der Waals surface area contributed by atoms with Crippen molar-refractivity contribution in [1.82, 2.24) is 4.98 Å². The average molecular weight is 440 g/mol. The van der Waals surface area contributed by atoms with Gasteiger partial charge in [-0.3, -0.25) is 14.9 Å². The van der Waals surface area contributed by atoms with Crippen LogP contribution in [0.4, 0.5) is 24.0 Å². The third-order valence-electron chi connectivity index (χ3n) is 3.71. The van der Waals surface area contributed by atoms with Crippen molar-refractivity contribution in [3.63, 3.8) is 0 Å². The van der Waals surface area contributed by atoms with Gasteiger partial charge in [0.15, 0.2) is 5.13 Å². The van der Waals surface area contributed by atoms with Crippen LogP contribution < -0.4 is 10.6 Å². The van der Waals surface area contributed by atoms with Crippen LogP contribution >= 0.6 is 22.9 Å². The van der Waals surface area contributed by atoms with E-state index in [2.05, 4.69) is 15.6 Å². The van der Waals surface area contributed by atoms with E-state index in [4.69, 9.17) is 11.6 Å². The van der Waals surface area contributed by atoms with Crippen LogP contribution in [-0.2, 0) is 17.4 Å². The SMILES string of the molecule is O=C(Cc1csc(NC(=O)c2ccccc2)n1)Nc1ccc(Cl)c(C(F)(F)F)c1. The third-order valence-corrected chi connectivity index (χ3v) is 4.84. The molecule has 10 heteroatoms. The lowest BCUT2D eigenvalue weighted by molar-refractivity contribution is -0.137. The van der Waals surface area contributed by atoms with Crippen LogP contribution in [0.5, 0.6) is 0 Å². The van der Waals surface area contributed by atoms with Crippen LogP contribution in [0, 0.1) is 0 Å². The van der Waals surface area contributed by atoms with Gasteiger partial charge in [-0.05, 0) is 30.3 Å². The Morgan fingerprint density at radius 1 is 1.07 bits per heavy atom. The molecule has 0 fully saturated rings. The number of nitrogens with zero attached hydrogens (tertiary/aromatic N) is 1. The van der Waals surface area contributed by atoms with Crippen molar-refractivity contribution in [2.75, 3.05) is 10.6 Å². The van der Waals surface area contributed by atoms with Gasteiger partial charge < -0.3 is 5.32 Å². The summed E-state index contributed by atoms with van der Waals surface area (Å²) in [5, 5.41) is 6.46. The number of thiazole rings is 1. The summed E-state index contributed by atoms with van der Waals surface area (Å²) in [6, 6.07) is 11.7. The molecule has 0 spiro atoms. The lowest BCUT2D eigenvalue weighted by atomic mass is 10.2. The van der Waals surface area contributed by atoms with Gasteiger partial charge in [-0.25, -0.2) is 4.98 Å². The number of alkyl halides is 3. The van der Waals surface area contributed by atoms with Crippen molar-refractivity contribution in [1.29, 1.82) is 0 Å². The number of carbonyl (C=O) groups excluding carboxylic acids is 2. The zero-order chi connectivity index (χ0) is 21.0. The second kappa shape index (κ2) is 8.62. The first kappa shape index (κ1) is 20.8. The van der Waals surface area contributed by atoms with Crippen LogP contribution in [0.15, 0.2) is 53.9 Å². The molecule has 5 nitrogen and oxygen atoms in total. The topological polar surface area (TPSA) is 71.1 Å². The molecule has 3 rings (SSSR count). The average Bonchev–Trinajstić information content (AvgIpc) is 3.09. The van der Waals surface area contributed by atoms with Crippen LogP contribution in [-0.4, -0.2) is 16.8 Å². The number of rotatable bonds is 5. The number of benzene rings is 2. The highest BCUT2D eigenvalue weighted by atomic mass is 35.5. The molecule has 2 N–H and O–H groups in total. The van der Waals surface area contributed by atoms with Gasteiger partial charge in [0.05, 0.1) is 22.7 Å². The number of halogens is 4. The smallest absolute Gasteiger partial charge is 0.326 e. The molecule has 0 saturated carbocycles. The molecular weight excluding hydrogens is 427 g/mol. The minimum absolute atomic E-state index is 0.0282. The molecule has 0 unspecified atom stereocenters. The molecule has 2 aromatic carbocycles. The Morgan fingerprint density at radius 3 is 2.48 bits per heavy atom. The Kier molecular flexibility index (Phi) is 6.19. The molecule has 2 amide bonds. The molecule has 0 aliphatic carbocycles. The maximum atomic E-state index is 12.9. The van der Waals surface area contributed by atoms with Gasteiger partial charge in [-0.1, -0.05) is 29.8 Å². The molecule has 3 aromatic rings. The quantitative estimate of drug-likeness (QED) is 0.570. The highest BCUT2D eigenvalue weighted by Gasteiger charge is 2.33. The van der Waals surface area contributed by atoms with E-state index in [-0.39, 0.29) is 18.0 Å². The monoisotopic (exact) mass is 439 g/mol. The minimum Gasteiger partial charge on any atom is -0.326 e. The molecule has 0 radical (unpaired) electrons. The maximum Gasteiger partial charge on any atom is 0.417 e. The van der Waals surface area contributed by atoms with Gasteiger partial charge >= 0.3 is 6.18 Å². The summed E-state index contributed by atoms with van der Waals surface area (Å²) in [5.74, 6) is -0.886. The Morgan fingerprint density at radius 2 is 1.79 bits per heavy atom. The van der Waals surface area contributed by atoms with Crippen molar-refractivity contribution >= 4 is 45.6 Å². The second-order valence-electron chi connectivity index (χ2n) is 5.88. The number of nitrogens with one attached hydrogen (secondary N) is 2. The summed E-state index contributed by atoms with van der Waals surface area (Å²) in [4.78, 5) is 28.4. The van der Waals surface area contributed by atoms with Gasteiger partial charge in [0.2, 0.25) is 5.91 Å². The van der Waals surface area contributed by atoms with E-state index in [0.29, 0.717) is 16.4 Å². The first-order valence-electron chi connectivity index (χ1n) is 8.20. The standard InChI is InChI=1S/C19H13ClF3N3O2S/c20-15-7-6-12(8-14(15)19(21,22)23)24-16(27)9-13-10-29-18(25-13)26-17(28)11-4-2-1-3-5-11/h1-8,10H,9H2,(H,24,27)(H,25,26,28). The molecule has 0 bridgehead atoms. The van der Waals surface area contributed by atoms with E-state index in [1.807, 2.05) is 0 Å². The van der Waals surface area contributed by atoms with E-state index in [9.17, 15) is 22.8 Å². The van der Waals surface area contributed by atoms with Gasteiger partial charge in [-0.15, -0.1) is 11.3 Å². The fourth-order valence-corrected chi connectivity index (χ4v) is 3.32. The van der Waals surface area contributed by atoms with Gasteiger partial charge in [0.1, 0.15) is 0 Å². The Balaban J connectivity index is 1.61. The largest absolute Gasteiger partial charge is 0.417 e.